The van der Waals surface area contributed by atoms with Gasteiger partial charge in [0.1, 0.15) is 11.5 Å². The number of hydrogen-bond acceptors (Lipinski definition) is 2. The fourth-order valence-corrected chi connectivity index (χ4v) is 17.0. The van der Waals surface area contributed by atoms with Gasteiger partial charge in [0, 0.05) is 11.1 Å². The van der Waals surface area contributed by atoms with Gasteiger partial charge in [0.25, 0.3) is 16.6 Å². The van der Waals surface area contributed by atoms with Crippen molar-refractivity contribution in [1.29, 1.82) is 0 Å². The molecule has 0 unspecified atom stereocenters. The Morgan fingerprint density at radius 1 is 0.438 bits per heavy atom. The molecule has 0 heterocycles. The maximum Gasteiger partial charge on any atom is 0.258 e. The van der Waals surface area contributed by atoms with Crippen LogP contribution >= 0.6 is 0 Å². The third kappa shape index (κ3) is 4.82. The summed E-state index contributed by atoms with van der Waals surface area (Å²) in [5.41, 5.74) is 5.56. The molecule has 0 aliphatic heterocycles. The van der Waals surface area contributed by atoms with Crippen molar-refractivity contribution in [3.05, 3.63) is 47.5 Å². The van der Waals surface area contributed by atoms with E-state index in [0.717, 1.165) is 11.5 Å². The SMILES string of the molecule is CC(C)[Si](O/C1=C/C=C(/O[Si](C(C)C)(C(C)C)C(C)C)c2ccc1cc2)(C(C)C)C(C)C. The molecule has 32 heavy (non-hydrogen) atoms. The maximum absolute atomic E-state index is 7.11. The van der Waals surface area contributed by atoms with Gasteiger partial charge in [0.2, 0.25) is 0 Å². The monoisotopic (exact) mass is 472 g/mol. The Labute approximate surface area is 200 Å². The lowest BCUT2D eigenvalue weighted by atomic mass is 10.1. The van der Waals surface area contributed by atoms with Gasteiger partial charge in [-0.05, 0) is 45.4 Å². The van der Waals surface area contributed by atoms with E-state index in [1.54, 1.807) is 0 Å². The first-order valence-corrected chi connectivity index (χ1v) is 17.0. The zero-order valence-corrected chi connectivity index (χ0v) is 24.7. The normalized spacial score (nSPS) is 18.3. The quantitative estimate of drug-likeness (QED) is 0.315. The summed E-state index contributed by atoms with van der Waals surface area (Å²) < 4.78 is 14.2. The van der Waals surface area contributed by atoms with Gasteiger partial charge < -0.3 is 8.85 Å². The molecule has 2 bridgehead atoms. The van der Waals surface area contributed by atoms with Crippen LogP contribution in [0.4, 0.5) is 0 Å². The van der Waals surface area contributed by atoms with Crippen LogP contribution in [0, 0.1) is 0 Å². The molecule has 1 aromatic rings. The molecule has 0 amide bonds. The molecule has 0 aromatic heterocycles. The van der Waals surface area contributed by atoms with E-state index in [1.807, 2.05) is 0 Å². The fraction of sp³-hybridized carbons (Fsp3) is 0.643. The first kappa shape index (κ1) is 27.0. The first-order valence-electron chi connectivity index (χ1n) is 12.7. The topological polar surface area (TPSA) is 18.5 Å². The standard InChI is InChI=1S/C28H48O2Si2/c1-19(2)31(20(3)4,21(5)6)29-27-17-18-28(26-15-13-25(27)14-16-26)30-32(22(7)8,23(9)10)24(11)12/h13-24H,1-12H3/b18-17?,27-17+,27-25?,28-18+,28-26?. The van der Waals surface area contributed by atoms with Crippen molar-refractivity contribution in [1.82, 2.24) is 0 Å². The fourth-order valence-electron chi connectivity index (χ4n) is 6.42. The number of allylic oxidation sites excluding steroid dienone is 2. The van der Waals surface area contributed by atoms with Crippen LogP contribution in [-0.4, -0.2) is 16.6 Å². The minimum atomic E-state index is -2.04. The zero-order valence-electron chi connectivity index (χ0n) is 22.7. The predicted octanol–water partition coefficient (Wildman–Crippen LogP) is 9.77. The molecule has 3 rings (SSSR count). The minimum absolute atomic E-state index is 0.538. The van der Waals surface area contributed by atoms with Gasteiger partial charge in [-0.25, -0.2) is 0 Å². The average molecular weight is 473 g/mol. The van der Waals surface area contributed by atoms with Gasteiger partial charge in [-0.15, -0.1) is 0 Å². The van der Waals surface area contributed by atoms with Gasteiger partial charge >= 0.3 is 0 Å². The summed E-state index contributed by atoms with van der Waals surface area (Å²) in [6.45, 7) is 28.1. The lowest BCUT2D eigenvalue weighted by Crippen LogP contribution is -2.47. The van der Waals surface area contributed by atoms with Crippen LogP contribution in [0.25, 0.3) is 11.5 Å². The van der Waals surface area contributed by atoms with Gasteiger partial charge in [-0.3, -0.25) is 0 Å². The highest BCUT2D eigenvalue weighted by molar-refractivity contribution is 6.78. The van der Waals surface area contributed by atoms with E-state index in [4.69, 9.17) is 8.85 Å². The molecule has 0 N–H and O–H groups in total. The average Bonchev–Trinajstić information content (AvgIpc) is 2.66. The largest absolute Gasteiger partial charge is 0.542 e. The minimum Gasteiger partial charge on any atom is -0.542 e. The molecule has 0 saturated carbocycles. The summed E-state index contributed by atoms with van der Waals surface area (Å²) in [5, 5.41) is 0. The molecule has 0 atom stereocenters. The number of rotatable bonds is 10. The Morgan fingerprint density at radius 2 is 0.656 bits per heavy atom. The van der Waals surface area contributed by atoms with Gasteiger partial charge in [0.15, 0.2) is 0 Å². The van der Waals surface area contributed by atoms with Crippen molar-refractivity contribution >= 4 is 28.2 Å². The highest BCUT2D eigenvalue weighted by atomic mass is 28.4. The van der Waals surface area contributed by atoms with Crippen LogP contribution in [0.5, 0.6) is 0 Å². The second kappa shape index (κ2) is 10.3. The molecule has 4 heteroatoms. The zero-order chi connectivity index (χ0) is 24.4. The summed E-state index contributed by atoms with van der Waals surface area (Å²) in [4.78, 5) is 0. The highest BCUT2D eigenvalue weighted by Crippen LogP contribution is 2.47. The second-order valence-corrected chi connectivity index (χ2v) is 22.2. The van der Waals surface area contributed by atoms with Crippen LogP contribution in [0.15, 0.2) is 36.4 Å². The van der Waals surface area contributed by atoms with Crippen molar-refractivity contribution in [2.24, 2.45) is 0 Å². The highest BCUT2D eigenvalue weighted by Gasteiger charge is 2.48. The molecule has 0 saturated heterocycles. The van der Waals surface area contributed by atoms with E-state index in [9.17, 15) is 0 Å². The van der Waals surface area contributed by atoms with Crippen LogP contribution < -0.4 is 0 Å². The smallest absolute Gasteiger partial charge is 0.258 e. The van der Waals surface area contributed by atoms with Crippen molar-refractivity contribution in [3.8, 4) is 0 Å². The van der Waals surface area contributed by atoms with E-state index in [1.165, 1.54) is 11.1 Å². The summed E-state index contributed by atoms with van der Waals surface area (Å²) in [7, 11) is -4.08. The van der Waals surface area contributed by atoms with Gasteiger partial charge in [-0.1, -0.05) is 107 Å². The van der Waals surface area contributed by atoms with Crippen molar-refractivity contribution in [2.75, 3.05) is 0 Å². The summed E-state index contributed by atoms with van der Waals surface area (Å²) in [5.74, 6) is 2.01. The van der Waals surface area contributed by atoms with E-state index in [0.29, 0.717) is 33.2 Å². The van der Waals surface area contributed by atoms with Gasteiger partial charge in [0.05, 0.1) is 0 Å². The maximum atomic E-state index is 7.11. The number of hydrogen-bond donors (Lipinski definition) is 0. The van der Waals surface area contributed by atoms with Gasteiger partial charge in [-0.2, -0.15) is 0 Å². The third-order valence-corrected chi connectivity index (χ3v) is 19.8. The molecule has 1 aromatic carbocycles. The molecule has 2 aliphatic rings. The number of benzene rings is 1. The van der Waals surface area contributed by atoms with E-state index < -0.39 is 16.6 Å². The molecular formula is C28H48O2Si2. The summed E-state index contributed by atoms with van der Waals surface area (Å²) in [6.07, 6.45) is 4.37. The summed E-state index contributed by atoms with van der Waals surface area (Å²) in [6, 6.07) is 8.84. The Balaban J connectivity index is 2.58. The van der Waals surface area contributed by atoms with E-state index in [2.05, 4.69) is 120 Å². The molecule has 0 spiro atoms. The molecule has 0 radical (unpaired) electrons. The molecule has 0 fully saturated rings. The molecule has 180 valence electrons. The van der Waals surface area contributed by atoms with Crippen LogP contribution in [0.2, 0.25) is 33.2 Å². The van der Waals surface area contributed by atoms with Crippen LogP contribution in [0.3, 0.4) is 0 Å². The van der Waals surface area contributed by atoms with E-state index >= 15 is 0 Å². The second-order valence-electron chi connectivity index (χ2n) is 11.5. The lowest BCUT2D eigenvalue weighted by molar-refractivity contribution is 0.439. The van der Waals surface area contributed by atoms with Crippen LogP contribution in [0.1, 0.15) is 94.2 Å². The van der Waals surface area contributed by atoms with Crippen molar-refractivity contribution in [2.45, 2.75) is 116 Å². The van der Waals surface area contributed by atoms with Crippen molar-refractivity contribution in [3.63, 3.8) is 0 Å². The van der Waals surface area contributed by atoms with Crippen LogP contribution in [-0.2, 0) is 8.85 Å². The Bertz CT molecular complexity index is 702. The molecular weight excluding hydrogens is 424 g/mol. The summed E-state index contributed by atoms with van der Waals surface area (Å²) >= 11 is 0. The Hall–Kier alpha value is -1.27. The third-order valence-electron chi connectivity index (χ3n) is 7.83. The first-order chi connectivity index (χ1) is 14.8. The Kier molecular flexibility index (Phi) is 8.72. The Morgan fingerprint density at radius 3 is 0.844 bits per heavy atom. The predicted molar refractivity (Wildman–Crippen MR) is 147 cm³/mol. The lowest BCUT2D eigenvalue weighted by Gasteiger charge is -2.44. The van der Waals surface area contributed by atoms with E-state index in [-0.39, 0.29) is 0 Å². The number of fused-ring (bicyclic) bond motifs is 3. The molecule has 2 aliphatic carbocycles. The van der Waals surface area contributed by atoms with Crippen molar-refractivity contribution < 1.29 is 8.85 Å². The molecule has 2 nitrogen and oxygen atoms in total.